The molecule has 222 valence electrons. The zero-order valence-electron chi connectivity index (χ0n) is 25.4. The predicted molar refractivity (Wildman–Crippen MR) is 169 cm³/mol. The molecule has 1 saturated carbocycles. The van der Waals surface area contributed by atoms with E-state index in [1.54, 1.807) is 49.8 Å². The zero-order valence-corrected chi connectivity index (χ0v) is 25.4. The van der Waals surface area contributed by atoms with E-state index >= 15 is 0 Å². The largest absolute Gasteiger partial charge is 0.384 e. The summed E-state index contributed by atoms with van der Waals surface area (Å²) in [6.07, 6.45) is 15.6. The molecule has 1 rings (SSSR count). The van der Waals surface area contributed by atoms with Crippen molar-refractivity contribution in [3.05, 3.63) is 73.9 Å². The second-order valence-electron chi connectivity index (χ2n) is 9.25. The topological polar surface area (TPSA) is 86.6 Å². The van der Waals surface area contributed by atoms with Crippen LogP contribution in [0.1, 0.15) is 53.4 Å². The molecular formula is C32H51N5O3. The van der Waals surface area contributed by atoms with Gasteiger partial charge in [0, 0.05) is 69.8 Å². The first-order valence-electron chi connectivity index (χ1n) is 14.0. The Balaban J connectivity index is 0.00000742. The highest BCUT2D eigenvalue weighted by molar-refractivity contribution is 5.92. The highest BCUT2D eigenvalue weighted by atomic mass is 16.5. The van der Waals surface area contributed by atoms with Crippen molar-refractivity contribution < 1.29 is 14.3 Å². The molecule has 0 bridgehead atoms. The van der Waals surface area contributed by atoms with E-state index in [4.69, 9.17) is 4.74 Å². The van der Waals surface area contributed by atoms with Gasteiger partial charge in [-0.2, -0.15) is 0 Å². The molecular weight excluding hydrogens is 502 g/mol. The van der Waals surface area contributed by atoms with E-state index in [1.165, 1.54) is 0 Å². The molecule has 8 nitrogen and oxygen atoms in total. The molecule has 8 heteroatoms. The number of amides is 2. The maximum Gasteiger partial charge on any atom is 0.250 e. The van der Waals surface area contributed by atoms with Crippen LogP contribution in [0.25, 0.3) is 0 Å². The van der Waals surface area contributed by atoms with Crippen molar-refractivity contribution in [1.29, 1.82) is 0 Å². The number of allylic oxidation sites excluding steroid dienone is 2. The van der Waals surface area contributed by atoms with Crippen LogP contribution in [0.4, 0.5) is 0 Å². The summed E-state index contributed by atoms with van der Waals surface area (Å²) in [4.78, 5) is 37.4. The number of nitrogens with zero attached hydrogens (tertiary/aromatic N) is 4. The van der Waals surface area contributed by atoms with Crippen molar-refractivity contribution in [2.75, 3.05) is 39.9 Å². The molecule has 0 heterocycles. The Morgan fingerprint density at radius 2 is 1.88 bits per heavy atom. The van der Waals surface area contributed by atoms with E-state index in [1.807, 2.05) is 30.9 Å². The molecule has 0 aliphatic heterocycles. The minimum atomic E-state index is -0.101. The summed E-state index contributed by atoms with van der Waals surface area (Å²) in [6.45, 7) is 24.7. The fourth-order valence-corrected chi connectivity index (χ4v) is 3.95. The van der Waals surface area contributed by atoms with Crippen LogP contribution in [0, 0.1) is 11.8 Å². The summed E-state index contributed by atoms with van der Waals surface area (Å²) < 4.78 is 5.15. The summed E-state index contributed by atoms with van der Waals surface area (Å²) in [6, 6.07) is 0. The van der Waals surface area contributed by atoms with E-state index < -0.39 is 0 Å². The lowest BCUT2D eigenvalue weighted by Crippen LogP contribution is -2.34. The number of nitrogens with one attached hydrogen (secondary N) is 1. The van der Waals surface area contributed by atoms with Crippen LogP contribution in [-0.2, 0) is 14.3 Å². The normalized spacial score (nSPS) is 17.0. The first-order valence-corrected chi connectivity index (χ1v) is 14.0. The van der Waals surface area contributed by atoms with E-state index in [2.05, 4.69) is 48.5 Å². The quantitative estimate of drug-likeness (QED) is 0.0964. The third-order valence-electron chi connectivity index (χ3n) is 6.22. The number of hydrogen-bond acceptors (Lipinski definition) is 6. The van der Waals surface area contributed by atoms with Gasteiger partial charge in [0.15, 0.2) is 0 Å². The van der Waals surface area contributed by atoms with Gasteiger partial charge in [0.25, 0.3) is 5.91 Å². The van der Waals surface area contributed by atoms with E-state index in [-0.39, 0.29) is 11.8 Å². The van der Waals surface area contributed by atoms with Gasteiger partial charge in [-0.25, -0.2) is 4.99 Å². The molecule has 1 aliphatic rings. The Morgan fingerprint density at radius 1 is 1.15 bits per heavy atom. The monoisotopic (exact) mass is 553 g/mol. The molecule has 1 N–H and O–H groups in total. The number of aliphatic imine (C=N–C) groups is 2. The Bertz CT molecular complexity index is 948. The number of rotatable bonds is 19. The average Bonchev–Trinajstić information content (AvgIpc) is 3.72. The second-order valence-corrected chi connectivity index (χ2v) is 9.25. The highest BCUT2D eigenvalue weighted by Crippen LogP contribution is 2.40. The Morgan fingerprint density at radius 3 is 2.48 bits per heavy atom. The molecule has 0 aromatic heterocycles. The van der Waals surface area contributed by atoms with Gasteiger partial charge in [-0.1, -0.05) is 26.2 Å². The first kappa shape index (κ1) is 36.5. The molecule has 0 spiro atoms. The van der Waals surface area contributed by atoms with Crippen LogP contribution in [0.5, 0.6) is 0 Å². The van der Waals surface area contributed by atoms with Gasteiger partial charge >= 0.3 is 0 Å². The number of carbonyl (C=O) groups excluding carboxylic acids is 2. The maximum absolute atomic E-state index is 13.1. The standard InChI is InChI=1S/C30H47N5O3.C2H4/c1-8-18-35(30(37)24(5)23-34(11-4)25(6)32-10-3)19-15-27-21-28(27)22-33-29(36)13-12-26(16-20-38-7)14-17-31-9-2;1-2/h10-14,17,23,27-28H,4,6,8-9,15-16,18-22H2,1-3,5,7H3,(H,33,36);1-2H2/b13-12+,24-23+,26-14-,31-17?,32-10-;. The molecule has 40 heavy (non-hydrogen) atoms. The third-order valence-corrected chi connectivity index (χ3v) is 6.22. The molecule has 0 aromatic rings. The predicted octanol–water partition coefficient (Wildman–Crippen LogP) is 5.69. The van der Waals surface area contributed by atoms with Crippen molar-refractivity contribution in [2.45, 2.75) is 53.4 Å². The van der Waals surface area contributed by atoms with Crippen molar-refractivity contribution in [2.24, 2.45) is 21.8 Å². The molecule has 0 radical (unpaired) electrons. The summed E-state index contributed by atoms with van der Waals surface area (Å²) in [5.41, 5.74) is 1.60. The highest BCUT2D eigenvalue weighted by Gasteiger charge is 2.37. The lowest BCUT2D eigenvalue weighted by Gasteiger charge is -2.24. The van der Waals surface area contributed by atoms with Crippen LogP contribution in [0.15, 0.2) is 83.9 Å². The van der Waals surface area contributed by atoms with Crippen LogP contribution in [0.3, 0.4) is 0 Å². The second kappa shape index (κ2) is 22.3. The van der Waals surface area contributed by atoms with Gasteiger partial charge in [0.05, 0.1) is 6.61 Å². The van der Waals surface area contributed by atoms with Crippen LogP contribution < -0.4 is 5.32 Å². The van der Waals surface area contributed by atoms with E-state index in [0.717, 1.165) is 37.8 Å². The lowest BCUT2D eigenvalue weighted by atomic mass is 10.1. The minimum Gasteiger partial charge on any atom is -0.384 e. The van der Waals surface area contributed by atoms with Crippen molar-refractivity contribution >= 4 is 24.2 Å². The van der Waals surface area contributed by atoms with Gasteiger partial charge in [-0.3, -0.25) is 14.6 Å². The molecule has 2 atom stereocenters. The number of carbonyl (C=O) groups is 2. The molecule has 1 aliphatic carbocycles. The fraction of sp³-hybridized carbons (Fsp3) is 0.500. The summed E-state index contributed by atoms with van der Waals surface area (Å²) in [5.74, 6) is 1.37. The summed E-state index contributed by atoms with van der Waals surface area (Å²) in [5, 5.41) is 3.01. The van der Waals surface area contributed by atoms with Crippen LogP contribution in [0.2, 0.25) is 0 Å². The first-order chi connectivity index (χ1) is 19.3. The Kier molecular flexibility index (Phi) is 20.3. The van der Waals surface area contributed by atoms with Crippen molar-refractivity contribution in [3.8, 4) is 0 Å². The minimum absolute atomic E-state index is 0.00364. The van der Waals surface area contributed by atoms with Crippen LogP contribution >= 0.6 is 0 Å². The zero-order chi connectivity index (χ0) is 30.3. The van der Waals surface area contributed by atoms with E-state index in [9.17, 15) is 9.59 Å². The Labute approximate surface area is 242 Å². The smallest absolute Gasteiger partial charge is 0.250 e. The molecule has 2 amide bonds. The van der Waals surface area contributed by atoms with Gasteiger partial charge in [0.1, 0.15) is 5.82 Å². The summed E-state index contributed by atoms with van der Waals surface area (Å²) >= 11 is 0. The summed E-state index contributed by atoms with van der Waals surface area (Å²) in [7, 11) is 1.66. The lowest BCUT2D eigenvalue weighted by molar-refractivity contribution is -0.127. The molecule has 0 aromatic carbocycles. The number of ether oxygens (including phenoxy) is 1. The number of methoxy groups -OCH3 is 1. The SMILES string of the molecule is C=C.C=CN(/C=C(\C)C(=O)N(CCC)CCC1CC1CNC(=O)/C=C/C(=C/C=NCC)CCOC)C(=C)/N=C\C. The number of hydrogen-bond donors (Lipinski definition) is 1. The average molecular weight is 554 g/mol. The van der Waals surface area contributed by atoms with Gasteiger partial charge < -0.3 is 19.9 Å². The molecule has 2 unspecified atom stereocenters. The van der Waals surface area contributed by atoms with Crippen LogP contribution in [-0.4, -0.2) is 73.9 Å². The maximum atomic E-state index is 13.1. The molecule has 0 saturated heterocycles. The van der Waals surface area contributed by atoms with E-state index in [0.29, 0.717) is 49.5 Å². The van der Waals surface area contributed by atoms with Gasteiger partial charge in [-0.15, -0.1) is 13.2 Å². The van der Waals surface area contributed by atoms with Crippen molar-refractivity contribution in [1.82, 2.24) is 15.1 Å². The third kappa shape index (κ3) is 15.2. The fourth-order valence-electron chi connectivity index (χ4n) is 3.95. The Hall–Kier alpha value is -3.52. The molecule has 1 fully saturated rings. The van der Waals surface area contributed by atoms with Gasteiger partial charge in [0.2, 0.25) is 5.91 Å². The van der Waals surface area contributed by atoms with Crippen molar-refractivity contribution in [3.63, 3.8) is 0 Å². The van der Waals surface area contributed by atoms with Gasteiger partial charge in [-0.05, 0) is 69.9 Å².